The molecule has 140 valence electrons. The normalized spacial score (nSPS) is 10.8. The molecule has 0 fully saturated rings. The van der Waals surface area contributed by atoms with Gasteiger partial charge in [-0.1, -0.05) is 0 Å². The Bertz CT molecular complexity index is 1210. The second kappa shape index (κ2) is 6.95. The number of hydrogen-bond acceptors (Lipinski definition) is 5. The van der Waals surface area contributed by atoms with E-state index in [4.69, 9.17) is 4.74 Å². The molecule has 8 nitrogen and oxygen atoms in total. The van der Waals surface area contributed by atoms with E-state index in [2.05, 4.69) is 20.4 Å². The number of ether oxygens (including phenoxy) is 1. The lowest BCUT2D eigenvalue weighted by Gasteiger charge is -2.06. The fraction of sp³-hybridized carbons (Fsp3) is 0.0526. The Balaban J connectivity index is 1.71. The second-order valence-electron chi connectivity index (χ2n) is 5.88. The molecule has 0 radical (unpaired) electrons. The number of aromatic nitrogens is 4. The predicted molar refractivity (Wildman–Crippen MR) is 99.9 cm³/mol. The molecule has 0 aliphatic heterocycles. The van der Waals surface area contributed by atoms with Gasteiger partial charge in [-0.15, -0.1) is 5.10 Å². The number of nitrogens with one attached hydrogen (secondary N) is 2. The highest BCUT2D eigenvalue weighted by atomic mass is 19.1. The van der Waals surface area contributed by atoms with Crippen molar-refractivity contribution in [3.05, 3.63) is 76.3 Å². The summed E-state index contributed by atoms with van der Waals surface area (Å²) in [4.78, 5) is 31.2. The Labute approximate surface area is 157 Å². The standard InChI is InChI=1S/C19H14FN5O3/c1-28-14-8-4-11(5-9-14)17-23-19-22-16(26)10-15(25(19)24-17)21-18(27)12-2-6-13(20)7-3-12/h2-10H,1H3,(H,21,27)(H,22,23,24,26). The van der Waals surface area contributed by atoms with Crippen LogP contribution in [0.15, 0.2) is 59.4 Å². The fourth-order valence-electron chi connectivity index (χ4n) is 2.63. The number of methoxy groups -OCH3 is 1. The van der Waals surface area contributed by atoms with E-state index in [1.165, 1.54) is 34.8 Å². The molecule has 4 aromatic rings. The third kappa shape index (κ3) is 3.32. The summed E-state index contributed by atoms with van der Waals surface area (Å²) in [5.74, 6) is 0.409. The van der Waals surface area contributed by atoms with Crippen LogP contribution in [0.1, 0.15) is 10.4 Å². The van der Waals surface area contributed by atoms with Gasteiger partial charge in [0.25, 0.3) is 11.5 Å². The number of anilines is 1. The van der Waals surface area contributed by atoms with E-state index in [1.54, 1.807) is 31.4 Å². The van der Waals surface area contributed by atoms with Crippen LogP contribution in [0.4, 0.5) is 10.2 Å². The number of carbonyl (C=O) groups is 1. The minimum absolute atomic E-state index is 0.139. The summed E-state index contributed by atoms with van der Waals surface area (Å²) in [6.45, 7) is 0. The Kier molecular flexibility index (Phi) is 4.32. The predicted octanol–water partition coefficient (Wildman–Crippen LogP) is 2.48. The maximum Gasteiger partial charge on any atom is 0.256 e. The van der Waals surface area contributed by atoms with E-state index in [1.807, 2.05) is 0 Å². The van der Waals surface area contributed by atoms with Crippen LogP contribution in [0.5, 0.6) is 5.75 Å². The molecule has 0 atom stereocenters. The van der Waals surface area contributed by atoms with Crippen LogP contribution in [0, 0.1) is 5.82 Å². The first-order valence-corrected chi connectivity index (χ1v) is 8.25. The molecule has 0 unspecified atom stereocenters. The number of rotatable bonds is 4. The third-order valence-corrected chi connectivity index (χ3v) is 4.03. The van der Waals surface area contributed by atoms with E-state index >= 15 is 0 Å². The highest BCUT2D eigenvalue weighted by Crippen LogP contribution is 2.20. The van der Waals surface area contributed by atoms with Crippen LogP contribution in [0.3, 0.4) is 0 Å². The van der Waals surface area contributed by atoms with Gasteiger partial charge in [-0.25, -0.2) is 4.39 Å². The zero-order valence-corrected chi connectivity index (χ0v) is 14.6. The monoisotopic (exact) mass is 379 g/mol. The molecular weight excluding hydrogens is 365 g/mol. The Morgan fingerprint density at radius 2 is 1.86 bits per heavy atom. The number of benzene rings is 2. The minimum atomic E-state index is -0.506. The molecule has 2 aromatic carbocycles. The average Bonchev–Trinajstić information content (AvgIpc) is 3.12. The quantitative estimate of drug-likeness (QED) is 0.567. The summed E-state index contributed by atoms with van der Waals surface area (Å²) in [5, 5.41) is 6.96. The van der Waals surface area contributed by atoms with Crippen molar-refractivity contribution in [2.45, 2.75) is 0 Å². The van der Waals surface area contributed by atoms with E-state index in [0.29, 0.717) is 17.1 Å². The molecule has 0 aliphatic carbocycles. The van der Waals surface area contributed by atoms with Gasteiger partial charge in [-0.05, 0) is 48.5 Å². The van der Waals surface area contributed by atoms with Crippen LogP contribution in [0.25, 0.3) is 17.2 Å². The van der Waals surface area contributed by atoms with Crippen molar-refractivity contribution < 1.29 is 13.9 Å². The van der Waals surface area contributed by atoms with Crippen LogP contribution in [0.2, 0.25) is 0 Å². The van der Waals surface area contributed by atoms with Crippen molar-refractivity contribution in [3.8, 4) is 17.1 Å². The number of amides is 1. The third-order valence-electron chi connectivity index (χ3n) is 4.03. The molecule has 2 N–H and O–H groups in total. The Morgan fingerprint density at radius 1 is 1.14 bits per heavy atom. The first-order valence-electron chi connectivity index (χ1n) is 8.25. The van der Waals surface area contributed by atoms with Crippen molar-refractivity contribution in [1.82, 2.24) is 19.6 Å². The SMILES string of the molecule is COc1ccc(-c2nc3[nH]c(=O)cc(NC(=O)c4ccc(F)cc4)n3n2)cc1. The van der Waals surface area contributed by atoms with Gasteiger partial charge >= 0.3 is 0 Å². The van der Waals surface area contributed by atoms with Gasteiger partial charge in [0.15, 0.2) is 5.82 Å². The maximum absolute atomic E-state index is 13.0. The molecule has 4 rings (SSSR count). The van der Waals surface area contributed by atoms with Crippen molar-refractivity contribution in [1.29, 1.82) is 0 Å². The van der Waals surface area contributed by atoms with E-state index in [9.17, 15) is 14.0 Å². The van der Waals surface area contributed by atoms with Gasteiger partial charge in [0, 0.05) is 17.2 Å². The summed E-state index contributed by atoms with van der Waals surface area (Å²) >= 11 is 0. The number of aromatic amines is 1. The molecule has 0 saturated carbocycles. The molecule has 2 aromatic heterocycles. The zero-order valence-electron chi connectivity index (χ0n) is 14.6. The summed E-state index contributed by atoms with van der Waals surface area (Å²) in [7, 11) is 1.57. The van der Waals surface area contributed by atoms with Crippen LogP contribution < -0.4 is 15.6 Å². The minimum Gasteiger partial charge on any atom is -0.497 e. The first kappa shape index (κ1) is 17.4. The zero-order chi connectivity index (χ0) is 19.7. The lowest BCUT2D eigenvalue weighted by molar-refractivity contribution is 0.102. The van der Waals surface area contributed by atoms with Gasteiger partial charge in [-0.2, -0.15) is 9.50 Å². The number of nitrogens with zero attached hydrogens (tertiary/aromatic N) is 3. The number of H-pyrrole nitrogens is 1. The molecule has 0 spiro atoms. The van der Waals surface area contributed by atoms with Crippen LogP contribution >= 0.6 is 0 Å². The molecule has 0 aliphatic rings. The Morgan fingerprint density at radius 3 is 2.54 bits per heavy atom. The maximum atomic E-state index is 13.0. The van der Waals surface area contributed by atoms with Crippen molar-refractivity contribution in [2.24, 2.45) is 0 Å². The highest BCUT2D eigenvalue weighted by molar-refractivity contribution is 6.03. The largest absolute Gasteiger partial charge is 0.497 e. The lowest BCUT2D eigenvalue weighted by Crippen LogP contribution is -2.18. The number of halogens is 1. The summed E-state index contributed by atoms with van der Waals surface area (Å²) in [6.07, 6.45) is 0. The van der Waals surface area contributed by atoms with E-state index in [0.717, 1.165) is 0 Å². The van der Waals surface area contributed by atoms with Crippen molar-refractivity contribution in [2.75, 3.05) is 12.4 Å². The fourth-order valence-corrected chi connectivity index (χ4v) is 2.63. The lowest BCUT2D eigenvalue weighted by atomic mass is 10.2. The van der Waals surface area contributed by atoms with Crippen molar-refractivity contribution >= 4 is 17.5 Å². The first-order chi connectivity index (χ1) is 13.5. The molecule has 0 saturated heterocycles. The van der Waals surface area contributed by atoms with Gasteiger partial charge in [0.2, 0.25) is 5.78 Å². The molecule has 28 heavy (non-hydrogen) atoms. The van der Waals surface area contributed by atoms with Crippen molar-refractivity contribution in [3.63, 3.8) is 0 Å². The van der Waals surface area contributed by atoms with Gasteiger partial charge in [0.1, 0.15) is 17.4 Å². The summed E-state index contributed by atoms with van der Waals surface area (Å²) in [5.41, 5.74) is 0.502. The molecule has 1 amide bonds. The Hall–Kier alpha value is -4.01. The highest BCUT2D eigenvalue weighted by Gasteiger charge is 2.14. The molecular formula is C19H14FN5O3. The van der Waals surface area contributed by atoms with E-state index < -0.39 is 17.3 Å². The smallest absolute Gasteiger partial charge is 0.256 e. The average molecular weight is 379 g/mol. The van der Waals surface area contributed by atoms with Crippen LogP contribution in [-0.4, -0.2) is 32.6 Å². The van der Waals surface area contributed by atoms with Crippen LogP contribution in [-0.2, 0) is 0 Å². The molecule has 2 heterocycles. The van der Waals surface area contributed by atoms with Gasteiger partial charge < -0.3 is 10.1 Å². The summed E-state index contributed by atoms with van der Waals surface area (Å²) < 4.78 is 19.5. The number of hydrogen-bond donors (Lipinski definition) is 2. The van der Waals surface area contributed by atoms with Gasteiger partial charge in [-0.3, -0.25) is 14.6 Å². The number of fused-ring (bicyclic) bond motifs is 1. The summed E-state index contributed by atoms with van der Waals surface area (Å²) in [6, 6.07) is 13.3. The second-order valence-corrected chi connectivity index (χ2v) is 5.88. The topological polar surface area (TPSA) is 101 Å². The number of carbonyl (C=O) groups excluding carboxylic acids is 1. The molecule has 0 bridgehead atoms. The van der Waals surface area contributed by atoms with Gasteiger partial charge in [0.05, 0.1) is 7.11 Å². The molecule has 9 heteroatoms. The van der Waals surface area contributed by atoms with E-state index in [-0.39, 0.29) is 17.2 Å².